The van der Waals surface area contributed by atoms with Gasteiger partial charge in [-0.25, -0.2) is 4.79 Å². The van der Waals surface area contributed by atoms with Crippen LogP contribution in [0.4, 0.5) is 0 Å². The Labute approximate surface area is 104 Å². The molecule has 0 bridgehead atoms. The van der Waals surface area contributed by atoms with Crippen LogP contribution in [-0.2, 0) is 4.74 Å². The van der Waals surface area contributed by atoms with Gasteiger partial charge in [0, 0.05) is 0 Å². The van der Waals surface area contributed by atoms with Gasteiger partial charge in [-0.2, -0.15) is 9.36 Å². The number of tetrazole rings is 1. The van der Waals surface area contributed by atoms with Gasteiger partial charge in [-0.15, -0.1) is 0 Å². The predicted octanol–water partition coefficient (Wildman–Crippen LogP) is 0.617. The molecule has 1 saturated heterocycles. The van der Waals surface area contributed by atoms with Gasteiger partial charge in [-0.1, -0.05) is 12.1 Å². The largest absolute Gasteiger partial charge is 0.377 e. The molecule has 1 aliphatic heterocycles. The smallest absolute Gasteiger partial charge is 0.368 e. The quantitative estimate of drug-likeness (QED) is 0.779. The number of hydrogen-bond donors (Lipinski definition) is 0. The number of benzene rings is 1. The zero-order valence-corrected chi connectivity index (χ0v) is 10.3. The van der Waals surface area contributed by atoms with Crippen molar-refractivity contribution < 1.29 is 4.74 Å². The summed E-state index contributed by atoms with van der Waals surface area (Å²) in [6.45, 7) is 5.00. The van der Waals surface area contributed by atoms with Gasteiger partial charge in [0.2, 0.25) is 0 Å². The van der Waals surface area contributed by atoms with Crippen molar-refractivity contribution in [3.05, 3.63) is 39.8 Å². The van der Waals surface area contributed by atoms with Crippen molar-refractivity contribution in [3.63, 3.8) is 0 Å². The number of hydrogen-bond acceptors (Lipinski definition) is 4. The van der Waals surface area contributed by atoms with Crippen molar-refractivity contribution in [2.24, 2.45) is 0 Å². The van der Waals surface area contributed by atoms with E-state index in [1.807, 2.05) is 32.0 Å². The molecule has 3 rings (SSSR count). The van der Waals surface area contributed by atoms with Crippen LogP contribution in [0.5, 0.6) is 0 Å². The molecule has 1 aromatic carbocycles. The lowest BCUT2D eigenvalue weighted by Gasteiger charge is -2.24. The molecule has 18 heavy (non-hydrogen) atoms. The van der Waals surface area contributed by atoms with Gasteiger partial charge < -0.3 is 4.74 Å². The molecule has 2 heterocycles. The van der Waals surface area contributed by atoms with E-state index in [-0.39, 0.29) is 11.7 Å². The maximum atomic E-state index is 12.2. The fourth-order valence-corrected chi connectivity index (χ4v) is 1.95. The van der Waals surface area contributed by atoms with Crippen LogP contribution in [0.25, 0.3) is 5.69 Å². The minimum atomic E-state index is -0.211. The van der Waals surface area contributed by atoms with Crippen LogP contribution in [0, 0.1) is 13.8 Å². The van der Waals surface area contributed by atoms with E-state index in [1.165, 1.54) is 9.36 Å². The zero-order chi connectivity index (χ0) is 12.7. The molecule has 1 fully saturated rings. The molecule has 1 aliphatic rings. The second kappa shape index (κ2) is 4.06. The number of aryl methyl sites for hydroxylation is 2. The van der Waals surface area contributed by atoms with Crippen LogP contribution in [0.3, 0.4) is 0 Å². The van der Waals surface area contributed by atoms with Crippen LogP contribution in [0.1, 0.15) is 17.2 Å². The average Bonchev–Trinajstić information content (AvgIpc) is 2.63. The van der Waals surface area contributed by atoms with E-state index in [1.54, 1.807) is 0 Å². The molecule has 6 nitrogen and oxygen atoms in total. The van der Waals surface area contributed by atoms with E-state index in [2.05, 4.69) is 10.4 Å². The van der Waals surface area contributed by atoms with Crippen LogP contribution >= 0.6 is 0 Å². The fourth-order valence-electron chi connectivity index (χ4n) is 1.95. The second-order valence-electron chi connectivity index (χ2n) is 4.60. The first kappa shape index (κ1) is 11.2. The lowest BCUT2D eigenvalue weighted by atomic mass is 10.1. The Morgan fingerprint density at radius 2 is 2.06 bits per heavy atom. The van der Waals surface area contributed by atoms with E-state index in [4.69, 9.17) is 4.74 Å². The maximum absolute atomic E-state index is 12.2. The Balaban J connectivity index is 2.09. The first-order valence-electron chi connectivity index (χ1n) is 5.87. The maximum Gasteiger partial charge on any atom is 0.368 e. The van der Waals surface area contributed by atoms with Crippen LogP contribution in [-0.4, -0.2) is 33.0 Å². The average molecular weight is 246 g/mol. The van der Waals surface area contributed by atoms with Gasteiger partial charge in [-0.3, -0.25) is 0 Å². The van der Waals surface area contributed by atoms with Crippen molar-refractivity contribution >= 4 is 0 Å². The van der Waals surface area contributed by atoms with Gasteiger partial charge in [-0.05, 0) is 41.5 Å². The molecular weight excluding hydrogens is 232 g/mol. The molecule has 6 heteroatoms. The third-order valence-corrected chi connectivity index (χ3v) is 3.16. The van der Waals surface area contributed by atoms with Crippen molar-refractivity contribution in [1.29, 1.82) is 0 Å². The van der Waals surface area contributed by atoms with E-state index in [0.717, 1.165) is 16.8 Å². The van der Waals surface area contributed by atoms with Gasteiger partial charge in [0.05, 0.1) is 18.9 Å². The zero-order valence-electron chi connectivity index (χ0n) is 10.3. The summed E-state index contributed by atoms with van der Waals surface area (Å²) in [7, 11) is 0. The minimum Gasteiger partial charge on any atom is -0.377 e. The number of rotatable bonds is 2. The summed E-state index contributed by atoms with van der Waals surface area (Å²) < 4.78 is 7.81. The van der Waals surface area contributed by atoms with E-state index in [0.29, 0.717) is 13.2 Å². The van der Waals surface area contributed by atoms with Crippen molar-refractivity contribution in [2.45, 2.75) is 19.9 Å². The first-order valence-corrected chi connectivity index (χ1v) is 5.87. The Morgan fingerprint density at radius 1 is 1.28 bits per heavy atom. The van der Waals surface area contributed by atoms with Crippen LogP contribution < -0.4 is 5.69 Å². The van der Waals surface area contributed by atoms with Gasteiger partial charge >= 0.3 is 5.69 Å². The summed E-state index contributed by atoms with van der Waals surface area (Å²) >= 11 is 0. The SMILES string of the molecule is Cc1ccc(C)c(-n2nnn(C3COC3)c2=O)c1. The number of nitrogens with zero attached hydrogens (tertiary/aromatic N) is 4. The van der Waals surface area contributed by atoms with Crippen LogP contribution in [0.15, 0.2) is 23.0 Å². The third-order valence-electron chi connectivity index (χ3n) is 3.16. The highest BCUT2D eigenvalue weighted by molar-refractivity contribution is 5.41. The normalized spacial score (nSPS) is 15.7. The number of aromatic nitrogens is 4. The number of ether oxygens (including phenoxy) is 1. The third kappa shape index (κ3) is 1.65. The molecule has 0 saturated carbocycles. The summed E-state index contributed by atoms with van der Waals surface area (Å²) in [5, 5.41) is 7.87. The molecule has 0 unspecified atom stereocenters. The summed E-state index contributed by atoms with van der Waals surface area (Å²) in [6.07, 6.45) is 0. The molecule has 94 valence electrons. The molecule has 0 N–H and O–H groups in total. The highest BCUT2D eigenvalue weighted by Gasteiger charge is 2.25. The Kier molecular flexibility index (Phi) is 2.52. The first-order chi connectivity index (χ1) is 8.66. The lowest BCUT2D eigenvalue weighted by molar-refractivity contribution is -0.0309. The van der Waals surface area contributed by atoms with E-state index in [9.17, 15) is 4.79 Å². The fraction of sp³-hybridized carbons (Fsp3) is 0.417. The molecular formula is C12H14N4O2. The van der Waals surface area contributed by atoms with Gasteiger partial charge in [0.15, 0.2) is 0 Å². The topological polar surface area (TPSA) is 61.9 Å². The van der Waals surface area contributed by atoms with Crippen molar-refractivity contribution in [1.82, 2.24) is 19.8 Å². The molecule has 0 radical (unpaired) electrons. The standard InChI is InChI=1S/C12H14N4O2/c1-8-3-4-9(2)11(5-8)16-12(17)15(13-14-16)10-6-18-7-10/h3-5,10H,6-7H2,1-2H3. The van der Waals surface area contributed by atoms with Crippen molar-refractivity contribution in [2.75, 3.05) is 13.2 Å². The van der Waals surface area contributed by atoms with Gasteiger partial charge in [0.25, 0.3) is 0 Å². The molecule has 0 spiro atoms. The highest BCUT2D eigenvalue weighted by Crippen LogP contribution is 2.15. The summed E-state index contributed by atoms with van der Waals surface area (Å²) in [6, 6.07) is 5.94. The molecule has 0 aliphatic carbocycles. The monoisotopic (exact) mass is 246 g/mol. The van der Waals surface area contributed by atoms with E-state index >= 15 is 0 Å². The van der Waals surface area contributed by atoms with Crippen molar-refractivity contribution in [3.8, 4) is 5.69 Å². The molecule has 0 amide bonds. The minimum absolute atomic E-state index is 0.0244. The molecule has 1 aromatic heterocycles. The summed E-state index contributed by atoms with van der Waals surface area (Å²) in [4.78, 5) is 12.2. The Hall–Kier alpha value is -1.95. The Bertz CT molecular complexity index is 640. The Morgan fingerprint density at radius 3 is 2.72 bits per heavy atom. The molecule has 2 aromatic rings. The summed E-state index contributed by atoms with van der Waals surface area (Å²) in [5.74, 6) is 0. The summed E-state index contributed by atoms with van der Waals surface area (Å²) in [5.41, 5.74) is 2.66. The molecule has 0 atom stereocenters. The predicted molar refractivity (Wildman–Crippen MR) is 64.9 cm³/mol. The van der Waals surface area contributed by atoms with E-state index < -0.39 is 0 Å². The highest BCUT2D eigenvalue weighted by atomic mass is 16.5. The van der Waals surface area contributed by atoms with Gasteiger partial charge in [0.1, 0.15) is 6.04 Å². The second-order valence-corrected chi connectivity index (χ2v) is 4.60. The van der Waals surface area contributed by atoms with Crippen LogP contribution in [0.2, 0.25) is 0 Å². The lowest BCUT2D eigenvalue weighted by Crippen LogP contribution is -2.38.